The van der Waals surface area contributed by atoms with E-state index in [1.807, 2.05) is 36.1 Å². The molecule has 2 aliphatic rings. The van der Waals surface area contributed by atoms with Gasteiger partial charge in [-0.15, -0.1) is 0 Å². The van der Waals surface area contributed by atoms with Crippen molar-refractivity contribution in [1.29, 1.82) is 0 Å². The molecule has 218 valence electrons. The summed E-state index contributed by atoms with van der Waals surface area (Å²) in [6, 6.07) is 7.00. The number of likely N-dealkylation sites (tertiary alicyclic amines) is 2. The molecule has 12 heteroatoms. The average molecular weight is 571 g/mol. The lowest BCUT2D eigenvalue weighted by molar-refractivity contribution is -0.143. The number of hydrogen-bond acceptors (Lipinski definition) is 3. The first-order valence-electron chi connectivity index (χ1n) is 13.0. The molecule has 0 aliphatic carbocycles. The maximum atomic E-state index is 13.9. The third-order valence-corrected chi connectivity index (χ3v) is 8.16. The van der Waals surface area contributed by atoms with Crippen LogP contribution in [0.1, 0.15) is 53.2 Å². The largest absolute Gasteiger partial charge is 0.416 e. The number of alkyl halides is 6. The molecule has 3 unspecified atom stereocenters. The predicted octanol–water partition coefficient (Wildman–Crippen LogP) is 5.63. The van der Waals surface area contributed by atoms with Crippen LogP contribution in [0.5, 0.6) is 0 Å². The van der Waals surface area contributed by atoms with Crippen molar-refractivity contribution in [3.8, 4) is 0 Å². The molecule has 2 N–H and O–H groups in total. The topological polar surface area (TPSA) is 69.9 Å². The van der Waals surface area contributed by atoms with Crippen LogP contribution in [0.15, 0.2) is 42.5 Å². The molecule has 2 saturated heterocycles. The lowest BCUT2D eigenvalue weighted by Crippen LogP contribution is -2.51. The average Bonchev–Trinajstić information content (AvgIpc) is 3.27. The molecule has 6 nitrogen and oxygen atoms in total. The number of amides is 3. The van der Waals surface area contributed by atoms with Gasteiger partial charge in [0.05, 0.1) is 29.8 Å². The van der Waals surface area contributed by atoms with Gasteiger partial charge in [0.1, 0.15) is 0 Å². The number of piperidine rings is 1. The van der Waals surface area contributed by atoms with Gasteiger partial charge in [-0.25, -0.2) is 4.79 Å². The summed E-state index contributed by atoms with van der Waals surface area (Å²) in [5, 5.41) is 0. The Morgan fingerprint density at radius 3 is 2.17 bits per heavy atom. The summed E-state index contributed by atoms with van der Waals surface area (Å²) < 4.78 is 80.8. The van der Waals surface area contributed by atoms with Gasteiger partial charge < -0.3 is 15.5 Å². The number of urea groups is 1. The number of benzene rings is 2. The maximum absolute atomic E-state index is 13.9. The fraction of sp³-hybridized carbons (Fsp3) is 0.500. The first-order chi connectivity index (χ1) is 18.6. The molecule has 0 aromatic heterocycles. The van der Waals surface area contributed by atoms with E-state index in [0.717, 1.165) is 11.1 Å². The van der Waals surface area contributed by atoms with E-state index in [-0.39, 0.29) is 30.0 Å². The third-order valence-electron chi connectivity index (χ3n) is 8.16. The summed E-state index contributed by atoms with van der Waals surface area (Å²) >= 11 is 0. The Labute approximate surface area is 228 Å². The smallest absolute Gasteiger partial charge is 0.369 e. The molecule has 0 radical (unpaired) electrons. The van der Waals surface area contributed by atoms with E-state index in [2.05, 4.69) is 0 Å². The van der Waals surface area contributed by atoms with E-state index in [1.54, 1.807) is 4.90 Å². The van der Waals surface area contributed by atoms with Gasteiger partial charge in [0.15, 0.2) is 0 Å². The van der Waals surface area contributed by atoms with Crippen LogP contribution in [0.4, 0.5) is 31.1 Å². The molecule has 2 aliphatic heterocycles. The van der Waals surface area contributed by atoms with E-state index in [9.17, 15) is 35.9 Å². The minimum absolute atomic E-state index is 0.0350. The minimum Gasteiger partial charge on any atom is -0.369 e. The van der Waals surface area contributed by atoms with Crippen molar-refractivity contribution in [3.05, 3.63) is 70.3 Å². The summed E-state index contributed by atoms with van der Waals surface area (Å²) in [6.07, 6.45) is -9.34. The van der Waals surface area contributed by atoms with Crippen LogP contribution in [0.25, 0.3) is 0 Å². The molecule has 3 amide bonds. The van der Waals surface area contributed by atoms with E-state index in [0.29, 0.717) is 38.2 Å². The number of fused-ring (bicyclic) bond motifs is 1. The Morgan fingerprint density at radius 2 is 1.62 bits per heavy atom. The monoisotopic (exact) mass is 570 g/mol. The third kappa shape index (κ3) is 6.06. The number of hydrogen-bond donors (Lipinski definition) is 1. The van der Waals surface area contributed by atoms with Crippen LogP contribution >= 0.6 is 0 Å². The molecular formula is C28H32F6N4O2. The van der Waals surface area contributed by atoms with Crippen molar-refractivity contribution in [3.63, 3.8) is 0 Å². The highest BCUT2D eigenvalue weighted by molar-refractivity contribution is 5.76. The van der Waals surface area contributed by atoms with Crippen LogP contribution < -0.4 is 5.73 Å². The Hall–Kier alpha value is -3.28. The zero-order valence-electron chi connectivity index (χ0n) is 22.4. The van der Waals surface area contributed by atoms with Crippen LogP contribution in [-0.4, -0.2) is 59.9 Å². The molecule has 2 heterocycles. The molecule has 4 atom stereocenters. The van der Waals surface area contributed by atoms with Gasteiger partial charge in [-0.2, -0.15) is 26.3 Å². The molecule has 0 bridgehead atoms. The molecule has 0 saturated carbocycles. The number of nitrogens with two attached hydrogens (primary N) is 1. The maximum Gasteiger partial charge on any atom is 0.416 e. The summed E-state index contributed by atoms with van der Waals surface area (Å²) in [5.74, 6) is -0.298. The van der Waals surface area contributed by atoms with E-state index >= 15 is 0 Å². The van der Waals surface area contributed by atoms with Crippen molar-refractivity contribution in [2.24, 2.45) is 17.6 Å². The molecule has 0 spiro atoms. The lowest BCUT2D eigenvalue weighted by atomic mass is 9.78. The summed E-state index contributed by atoms with van der Waals surface area (Å²) in [4.78, 5) is 30.3. The van der Waals surface area contributed by atoms with E-state index < -0.39 is 47.5 Å². The second-order valence-electron chi connectivity index (χ2n) is 10.8. The second-order valence-corrected chi connectivity index (χ2v) is 10.8. The van der Waals surface area contributed by atoms with Crippen molar-refractivity contribution < 1.29 is 35.9 Å². The summed E-state index contributed by atoms with van der Waals surface area (Å²) in [7, 11) is 1.38. The summed E-state index contributed by atoms with van der Waals surface area (Å²) in [6.45, 7) is 4.94. The van der Waals surface area contributed by atoms with Crippen molar-refractivity contribution >= 4 is 11.9 Å². The van der Waals surface area contributed by atoms with Crippen molar-refractivity contribution in [2.75, 3.05) is 33.2 Å². The van der Waals surface area contributed by atoms with Crippen LogP contribution in [-0.2, 0) is 17.1 Å². The van der Waals surface area contributed by atoms with Gasteiger partial charge in [0.25, 0.3) is 0 Å². The standard InChI is InChI=1S/C28H32F6N4O2/c1-16-6-4-5-7-22(16)25-23-14-37(15-24(35)39)13-18(23)8-9-38(25)26(40)36(3)17(2)19-10-20(27(29,30)31)12-21(11-19)28(32,33)34/h4-7,10-12,17-18,23,25H,8-9,13-15H2,1-3H3,(H2,35,39)/t17?,18?,23-,25?/m1/s1. The molecule has 4 rings (SSSR count). The van der Waals surface area contributed by atoms with Crippen molar-refractivity contribution in [2.45, 2.75) is 44.7 Å². The highest BCUT2D eigenvalue weighted by Crippen LogP contribution is 2.45. The van der Waals surface area contributed by atoms with Gasteiger partial charge in [-0.3, -0.25) is 9.69 Å². The molecule has 2 aromatic rings. The normalized spacial score (nSPS) is 22.6. The Kier molecular flexibility index (Phi) is 8.13. The van der Waals surface area contributed by atoms with Gasteiger partial charge >= 0.3 is 18.4 Å². The molecule has 40 heavy (non-hydrogen) atoms. The lowest BCUT2D eigenvalue weighted by Gasteiger charge is -2.45. The first kappa shape index (κ1) is 29.7. The number of halogens is 6. The fourth-order valence-corrected chi connectivity index (χ4v) is 6.02. The van der Waals surface area contributed by atoms with Crippen LogP contribution in [0.3, 0.4) is 0 Å². The Bertz CT molecular complexity index is 1230. The van der Waals surface area contributed by atoms with Gasteiger partial charge in [0.2, 0.25) is 5.91 Å². The molecule has 2 aromatic carbocycles. The number of primary amides is 1. The zero-order valence-corrected chi connectivity index (χ0v) is 22.4. The number of rotatable bonds is 5. The van der Waals surface area contributed by atoms with E-state index in [1.165, 1.54) is 18.9 Å². The van der Waals surface area contributed by atoms with Gasteiger partial charge in [-0.05, 0) is 61.1 Å². The van der Waals surface area contributed by atoms with Crippen LogP contribution in [0.2, 0.25) is 0 Å². The second kappa shape index (κ2) is 10.9. The zero-order chi connectivity index (χ0) is 29.6. The Morgan fingerprint density at radius 1 is 1.02 bits per heavy atom. The minimum atomic E-state index is -4.99. The SMILES string of the molecule is Cc1ccccc1C1[C@@H]2CN(CC(N)=O)CC2CCN1C(=O)N(C)C(C)c1cc(C(F)(F)F)cc(C(F)(F)F)c1. The predicted molar refractivity (Wildman–Crippen MR) is 136 cm³/mol. The highest BCUT2D eigenvalue weighted by Gasteiger charge is 2.47. The number of aryl methyl sites for hydroxylation is 1. The van der Waals surface area contributed by atoms with Crippen LogP contribution in [0, 0.1) is 18.8 Å². The van der Waals surface area contributed by atoms with Gasteiger partial charge in [-0.1, -0.05) is 24.3 Å². The van der Waals surface area contributed by atoms with Crippen molar-refractivity contribution in [1.82, 2.24) is 14.7 Å². The quantitative estimate of drug-likeness (QED) is 0.474. The summed E-state index contributed by atoms with van der Waals surface area (Å²) in [5.41, 5.74) is 4.15. The highest BCUT2D eigenvalue weighted by atomic mass is 19.4. The molecular weight excluding hydrogens is 538 g/mol. The van der Waals surface area contributed by atoms with E-state index in [4.69, 9.17) is 5.73 Å². The fourth-order valence-electron chi connectivity index (χ4n) is 6.02. The number of nitrogens with zero attached hydrogens (tertiary/aromatic N) is 3. The number of carbonyl (C=O) groups excluding carboxylic acids is 2. The first-order valence-corrected chi connectivity index (χ1v) is 13.0. The number of carbonyl (C=O) groups is 2. The Balaban J connectivity index is 1.68. The van der Waals surface area contributed by atoms with Gasteiger partial charge in [0, 0.05) is 32.6 Å². The molecule has 2 fully saturated rings.